The summed E-state index contributed by atoms with van der Waals surface area (Å²) in [6.07, 6.45) is 0.214. The summed E-state index contributed by atoms with van der Waals surface area (Å²) in [5.41, 5.74) is 1.74. The van der Waals surface area contributed by atoms with E-state index in [1.807, 2.05) is 35.2 Å². The van der Waals surface area contributed by atoms with E-state index in [9.17, 15) is 9.18 Å². The summed E-state index contributed by atoms with van der Waals surface area (Å²) in [5.74, 6) is -0.192. The zero-order chi connectivity index (χ0) is 24.5. The summed E-state index contributed by atoms with van der Waals surface area (Å²) in [4.78, 5) is 19.6. The molecule has 7 nitrogen and oxygen atoms in total. The second-order valence-electron chi connectivity index (χ2n) is 8.83. The number of thiocarbonyl (C=S) groups is 1. The fourth-order valence-corrected chi connectivity index (χ4v) is 4.57. The Labute approximate surface area is 211 Å². The molecule has 1 amide bonds. The van der Waals surface area contributed by atoms with E-state index in [4.69, 9.17) is 21.7 Å². The van der Waals surface area contributed by atoms with E-state index >= 15 is 0 Å². The molecule has 35 heavy (non-hydrogen) atoms. The third-order valence-electron chi connectivity index (χ3n) is 6.29. The molecule has 2 aromatic rings. The van der Waals surface area contributed by atoms with Crippen LogP contribution in [-0.4, -0.2) is 97.5 Å². The molecule has 0 radical (unpaired) electrons. The highest BCUT2D eigenvalue weighted by molar-refractivity contribution is 7.80. The zero-order valence-corrected chi connectivity index (χ0v) is 20.7. The molecular formula is C26H33FN4O3S. The average Bonchev–Trinajstić information content (AvgIpc) is 2.89. The van der Waals surface area contributed by atoms with Crippen LogP contribution in [0.3, 0.4) is 0 Å². The Morgan fingerprint density at radius 2 is 1.80 bits per heavy atom. The monoisotopic (exact) mass is 500 g/mol. The maximum atomic E-state index is 13.3. The van der Waals surface area contributed by atoms with E-state index in [-0.39, 0.29) is 17.8 Å². The number of anilines is 1. The number of nitrogens with one attached hydrogen (secondary N) is 1. The van der Waals surface area contributed by atoms with Crippen molar-refractivity contribution in [2.75, 3.05) is 71.0 Å². The number of hydrogen-bond donors (Lipinski definition) is 1. The lowest BCUT2D eigenvalue weighted by Gasteiger charge is -2.37. The molecule has 1 atom stereocenters. The van der Waals surface area contributed by atoms with Crippen molar-refractivity contribution < 1.29 is 18.7 Å². The molecule has 1 N–H and O–H groups in total. The van der Waals surface area contributed by atoms with E-state index in [0.717, 1.165) is 44.1 Å². The van der Waals surface area contributed by atoms with E-state index in [1.165, 1.54) is 12.1 Å². The number of nitrogens with zero attached hydrogens (tertiary/aromatic N) is 3. The first kappa shape index (κ1) is 25.5. The Hall–Kier alpha value is -2.59. The minimum absolute atomic E-state index is 0.0946. The van der Waals surface area contributed by atoms with Crippen LogP contribution in [0.15, 0.2) is 54.6 Å². The van der Waals surface area contributed by atoms with Gasteiger partial charge in [-0.2, -0.15) is 0 Å². The normalized spacial score (nSPS) is 18.8. The summed E-state index contributed by atoms with van der Waals surface area (Å²) in [7, 11) is 0. The summed E-state index contributed by atoms with van der Waals surface area (Å²) >= 11 is 5.60. The third kappa shape index (κ3) is 7.96. The van der Waals surface area contributed by atoms with Crippen molar-refractivity contribution in [1.82, 2.24) is 14.7 Å². The predicted molar refractivity (Wildman–Crippen MR) is 138 cm³/mol. The minimum atomic E-state index is -0.287. The maximum absolute atomic E-state index is 13.3. The van der Waals surface area contributed by atoms with Crippen LogP contribution in [0.25, 0.3) is 0 Å². The Balaban J connectivity index is 1.36. The topological polar surface area (TPSA) is 57.3 Å². The van der Waals surface area contributed by atoms with Gasteiger partial charge in [0.05, 0.1) is 32.3 Å². The van der Waals surface area contributed by atoms with Crippen LogP contribution >= 0.6 is 12.2 Å². The molecule has 0 aliphatic carbocycles. The minimum Gasteiger partial charge on any atom is -0.379 e. The van der Waals surface area contributed by atoms with Crippen LogP contribution in [0.1, 0.15) is 5.56 Å². The number of carbonyl (C=O) groups is 1. The van der Waals surface area contributed by atoms with E-state index < -0.39 is 0 Å². The van der Waals surface area contributed by atoms with Gasteiger partial charge >= 0.3 is 0 Å². The van der Waals surface area contributed by atoms with Gasteiger partial charge in [0, 0.05) is 51.5 Å². The lowest BCUT2D eigenvalue weighted by molar-refractivity contribution is -0.133. The molecule has 0 aromatic heterocycles. The Morgan fingerprint density at radius 1 is 1.06 bits per heavy atom. The van der Waals surface area contributed by atoms with Gasteiger partial charge < -0.3 is 24.6 Å². The summed E-state index contributed by atoms with van der Waals surface area (Å²) in [5, 5.41) is 3.74. The molecule has 0 bridgehead atoms. The van der Waals surface area contributed by atoms with Gasteiger partial charge in [-0.15, -0.1) is 0 Å². The number of halogens is 1. The summed E-state index contributed by atoms with van der Waals surface area (Å²) < 4.78 is 24.7. The van der Waals surface area contributed by atoms with Crippen molar-refractivity contribution >= 4 is 28.9 Å². The van der Waals surface area contributed by atoms with Crippen molar-refractivity contribution in [2.24, 2.45) is 0 Å². The van der Waals surface area contributed by atoms with Crippen molar-refractivity contribution in [2.45, 2.75) is 12.5 Å². The van der Waals surface area contributed by atoms with Crippen LogP contribution in [-0.2, 0) is 20.7 Å². The number of ether oxygens (including phenoxy) is 2. The van der Waals surface area contributed by atoms with Gasteiger partial charge in [0.1, 0.15) is 5.82 Å². The summed E-state index contributed by atoms with van der Waals surface area (Å²) in [6, 6.07) is 16.0. The first-order chi connectivity index (χ1) is 17.1. The van der Waals surface area contributed by atoms with Gasteiger partial charge in [-0.05, 0) is 42.0 Å². The molecule has 9 heteroatoms. The first-order valence-electron chi connectivity index (χ1n) is 12.1. The standard InChI is InChI=1S/C26H33FN4O3S/c27-22-6-8-23(9-7-22)28-26(35)31-14-17-34-24(20-31)19-30(11-10-29-12-15-33-16-13-29)25(32)18-21-4-2-1-3-5-21/h1-9,24H,10-20H2,(H,28,35)/t24-/m0/s1. The van der Waals surface area contributed by atoms with E-state index in [0.29, 0.717) is 44.3 Å². The van der Waals surface area contributed by atoms with Gasteiger partial charge in [-0.25, -0.2) is 4.39 Å². The molecule has 188 valence electrons. The number of amides is 1. The number of hydrogen-bond acceptors (Lipinski definition) is 5. The van der Waals surface area contributed by atoms with Crippen LogP contribution in [0.2, 0.25) is 0 Å². The second kappa shape index (κ2) is 12.9. The first-order valence-corrected chi connectivity index (χ1v) is 12.5. The highest BCUT2D eigenvalue weighted by atomic mass is 32.1. The number of benzene rings is 2. The smallest absolute Gasteiger partial charge is 0.227 e. The van der Waals surface area contributed by atoms with Gasteiger partial charge in [0.15, 0.2) is 5.11 Å². The highest BCUT2D eigenvalue weighted by Crippen LogP contribution is 2.14. The van der Waals surface area contributed by atoms with Crippen LogP contribution in [0, 0.1) is 5.82 Å². The van der Waals surface area contributed by atoms with Gasteiger partial charge in [-0.1, -0.05) is 30.3 Å². The lowest BCUT2D eigenvalue weighted by atomic mass is 10.1. The predicted octanol–water partition coefficient (Wildman–Crippen LogP) is 2.63. The number of rotatable bonds is 8. The Kier molecular flexibility index (Phi) is 9.42. The maximum Gasteiger partial charge on any atom is 0.227 e. The van der Waals surface area contributed by atoms with Crippen LogP contribution in [0.4, 0.5) is 10.1 Å². The quantitative estimate of drug-likeness (QED) is 0.560. The number of carbonyl (C=O) groups excluding carboxylic acids is 1. The van der Waals surface area contributed by atoms with Crippen LogP contribution in [0.5, 0.6) is 0 Å². The molecule has 2 aromatic carbocycles. The lowest BCUT2D eigenvalue weighted by Crippen LogP contribution is -2.52. The molecule has 2 saturated heterocycles. The average molecular weight is 501 g/mol. The van der Waals surface area contributed by atoms with Crippen molar-refractivity contribution in [3.63, 3.8) is 0 Å². The van der Waals surface area contributed by atoms with Gasteiger partial charge in [-0.3, -0.25) is 9.69 Å². The zero-order valence-electron chi connectivity index (χ0n) is 19.9. The number of morpholine rings is 2. The van der Waals surface area contributed by atoms with E-state index in [2.05, 4.69) is 15.1 Å². The largest absolute Gasteiger partial charge is 0.379 e. The molecular weight excluding hydrogens is 467 g/mol. The Morgan fingerprint density at radius 3 is 2.54 bits per heavy atom. The summed E-state index contributed by atoms with van der Waals surface area (Å²) in [6.45, 7) is 6.97. The molecule has 0 unspecified atom stereocenters. The van der Waals surface area contributed by atoms with E-state index in [1.54, 1.807) is 12.1 Å². The molecule has 2 fully saturated rings. The van der Waals surface area contributed by atoms with Crippen molar-refractivity contribution in [1.29, 1.82) is 0 Å². The molecule has 0 saturated carbocycles. The molecule has 2 aliphatic rings. The fourth-order valence-electron chi connectivity index (χ4n) is 4.28. The van der Waals surface area contributed by atoms with Crippen molar-refractivity contribution in [3.8, 4) is 0 Å². The second-order valence-corrected chi connectivity index (χ2v) is 9.22. The molecule has 0 spiro atoms. The third-order valence-corrected chi connectivity index (χ3v) is 6.65. The van der Waals surface area contributed by atoms with Gasteiger partial charge in [0.2, 0.25) is 5.91 Å². The van der Waals surface area contributed by atoms with Crippen molar-refractivity contribution in [3.05, 3.63) is 66.0 Å². The SMILES string of the molecule is O=C(Cc1ccccc1)N(CCN1CCOCC1)C[C@H]1CN(C(=S)Nc2ccc(F)cc2)CCO1. The highest BCUT2D eigenvalue weighted by Gasteiger charge is 2.27. The molecule has 2 heterocycles. The molecule has 2 aliphatic heterocycles. The van der Waals surface area contributed by atoms with Crippen LogP contribution < -0.4 is 5.32 Å². The Bertz CT molecular complexity index is 957. The molecule has 4 rings (SSSR count). The van der Waals surface area contributed by atoms with Gasteiger partial charge in [0.25, 0.3) is 0 Å². The fraction of sp³-hybridized carbons (Fsp3) is 0.462.